The maximum absolute atomic E-state index is 13.0. The lowest BCUT2D eigenvalue weighted by Gasteiger charge is -2.36. The minimum Gasteiger partial charge on any atom is -0.342 e. The normalized spacial score (nSPS) is 22.4. The van der Waals surface area contributed by atoms with E-state index in [1.807, 2.05) is 17.0 Å². The highest BCUT2D eigenvalue weighted by molar-refractivity contribution is 7.89. The van der Waals surface area contributed by atoms with Gasteiger partial charge in [-0.1, -0.05) is 13.0 Å². The second kappa shape index (κ2) is 8.13. The highest BCUT2D eigenvalue weighted by atomic mass is 32.2. The summed E-state index contributed by atoms with van der Waals surface area (Å²) in [7, 11) is -3.45. The third-order valence-electron chi connectivity index (χ3n) is 6.53. The van der Waals surface area contributed by atoms with Crippen LogP contribution in [0.25, 0.3) is 0 Å². The van der Waals surface area contributed by atoms with E-state index in [0.717, 1.165) is 45.2 Å². The first-order valence-electron chi connectivity index (χ1n) is 10.6. The monoisotopic (exact) mass is 405 g/mol. The summed E-state index contributed by atoms with van der Waals surface area (Å²) < 4.78 is 27.6. The molecule has 1 aromatic rings. The maximum Gasteiger partial charge on any atom is 0.243 e. The van der Waals surface area contributed by atoms with Crippen LogP contribution in [-0.4, -0.2) is 74.2 Å². The molecule has 0 unspecified atom stereocenters. The Labute approximate surface area is 168 Å². The number of hydrogen-bond donors (Lipinski definition) is 0. The highest BCUT2D eigenvalue weighted by Gasteiger charge is 2.31. The molecule has 0 spiro atoms. The molecule has 2 fully saturated rings. The number of rotatable bonds is 4. The first kappa shape index (κ1) is 19.9. The van der Waals surface area contributed by atoms with Gasteiger partial charge in [-0.2, -0.15) is 4.31 Å². The van der Waals surface area contributed by atoms with Crippen LogP contribution in [0.2, 0.25) is 0 Å². The SMILES string of the molecule is CC1CCN(C(=O)CN2CCN(S(=O)(=O)c3ccc4c(c3)CCC4)CC2)CC1. The van der Waals surface area contributed by atoms with Crippen molar-refractivity contribution in [2.75, 3.05) is 45.8 Å². The molecular weight excluding hydrogens is 374 g/mol. The number of piperazine rings is 1. The molecule has 0 bridgehead atoms. The molecular formula is C21H31N3O3S. The number of benzene rings is 1. The Morgan fingerprint density at radius 1 is 1.00 bits per heavy atom. The zero-order valence-electron chi connectivity index (χ0n) is 16.8. The van der Waals surface area contributed by atoms with Crippen LogP contribution in [0.15, 0.2) is 23.1 Å². The Balaban J connectivity index is 1.33. The summed E-state index contributed by atoms with van der Waals surface area (Å²) in [5.41, 5.74) is 2.47. The van der Waals surface area contributed by atoms with Crippen molar-refractivity contribution in [3.63, 3.8) is 0 Å². The molecule has 28 heavy (non-hydrogen) atoms. The van der Waals surface area contributed by atoms with E-state index in [1.54, 1.807) is 10.4 Å². The summed E-state index contributed by atoms with van der Waals surface area (Å²) in [5, 5.41) is 0. The summed E-state index contributed by atoms with van der Waals surface area (Å²) in [6, 6.07) is 5.60. The quantitative estimate of drug-likeness (QED) is 0.766. The van der Waals surface area contributed by atoms with Crippen molar-refractivity contribution in [1.29, 1.82) is 0 Å². The summed E-state index contributed by atoms with van der Waals surface area (Å²) in [4.78, 5) is 17.0. The summed E-state index contributed by atoms with van der Waals surface area (Å²) in [6.45, 7) is 6.47. The first-order chi connectivity index (χ1) is 13.4. The van der Waals surface area contributed by atoms with Crippen LogP contribution in [-0.2, 0) is 27.7 Å². The molecule has 0 atom stereocenters. The third-order valence-corrected chi connectivity index (χ3v) is 8.43. The van der Waals surface area contributed by atoms with E-state index in [1.165, 1.54) is 11.1 Å². The lowest BCUT2D eigenvalue weighted by molar-refractivity contribution is -0.134. The molecule has 0 saturated carbocycles. The molecule has 154 valence electrons. The van der Waals surface area contributed by atoms with Crippen molar-refractivity contribution in [2.45, 2.75) is 43.9 Å². The van der Waals surface area contributed by atoms with Gasteiger partial charge in [0.15, 0.2) is 0 Å². The zero-order chi connectivity index (χ0) is 19.7. The summed E-state index contributed by atoms with van der Waals surface area (Å²) >= 11 is 0. The van der Waals surface area contributed by atoms with Crippen molar-refractivity contribution in [3.8, 4) is 0 Å². The van der Waals surface area contributed by atoms with Crippen LogP contribution in [0.5, 0.6) is 0 Å². The average Bonchev–Trinajstić information content (AvgIpc) is 3.17. The number of fused-ring (bicyclic) bond motifs is 1. The molecule has 0 radical (unpaired) electrons. The molecule has 1 aromatic carbocycles. The van der Waals surface area contributed by atoms with Crippen molar-refractivity contribution in [3.05, 3.63) is 29.3 Å². The molecule has 1 aliphatic carbocycles. The predicted molar refractivity (Wildman–Crippen MR) is 109 cm³/mol. The molecule has 3 aliphatic rings. The standard InChI is InChI=1S/C21H31N3O3S/c1-17-7-9-23(10-8-17)21(25)16-22-11-13-24(14-12-22)28(26,27)20-6-5-18-3-2-4-19(18)15-20/h5-6,15,17H,2-4,7-14,16H2,1H3. The molecule has 2 heterocycles. The Morgan fingerprint density at radius 3 is 2.39 bits per heavy atom. The Bertz CT molecular complexity index is 823. The van der Waals surface area contributed by atoms with Gasteiger partial charge in [0.05, 0.1) is 11.4 Å². The van der Waals surface area contributed by atoms with E-state index in [2.05, 4.69) is 11.8 Å². The topological polar surface area (TPSA) is 60.9 Å². The van der Waals surface area contributed by atoms with Crippen LogP contribution < -0.4 is 0 Å². The van der Waals surface area contributed by atoms with E-state index in [4.69, 9.17) is 0 Å². The fraction of sp³-hybridized carbons (Fsp3) is 0.667. The third kappa shape index (κ3) is 4.11. The van der Waals surface area contributed by atoms with Gasteiger partial charge in [-0.25, -0.2) is 8.42 Å². The predicted octanol–water partition coefficient (Wildman–Crippen LogP) is 1.74. The van der Waals surface area contributed by atoms with Gasteiger partial charge in [0.25, 0.3) is 0 Å². The van der Waals surface area contributed by atoms with Crippen LogP contribution in [0, 0.1) is 5.92 Å². The molecule has 7 heteroatoms. The van der Waals surface area contributed by atoms with Crippen LogP contribution in [0.3, 0.4) is 0 Å². The van der Waals surface area contributed by atoms with Crippen molar-refractivity contribution < 1.29 is 13.2 Å². The second-order valence-electron chi connectivity index (χ2n) is 8.53. The minimum atomic E-state index is -3.45. The van der Waals surface area contributed by atoms with Gasteiger partial charge >= 0.3 is 0 Å². The molecule has 1 amide bonds. The van der Waals surface area contributed by atoms with Crippen LogP contribution >= 0.6 is 0 Å². The van der Waals surface area contributed by atoms with Gasteiger partial charge in [-0.15, -0.1) is 0 Å². The minimum absolute atomic E-state index is 0.182. The maximum atomic E-state index is 13.0. The number of likely N-dealkylation sites (tertiary alicyclic amines) is 1. The number of sulfonamides is 1. The lowest BCUT2D eigenvalue weighted by atomic mass is 9.99. The van der Waals surface area contributed by atoms with E-state index in [-0.39, 0.29) is 5.91 Å². The Kier molecular flexibility index (Phi) is 5.76. The number of aryl methyl sites for hydroxylation is 2. The summed E-state index contributed by atoms with van der Waals surface area (Å²) in [5.74, 6) is 0.888. The van der Waals surface area contributed by atoms with Crippen LogP contribution in [0.4, 0.5) is 0 Å². The number of nitrogens with zero attached hydrogens (tertiary/aromatic N) is 3. The first-order valence-corrected chi connectivity index (χ1v) is 12.0. The van der Waals surface area contributed by atoms with Gasteiger partial charge in [-0.3, -0.25) is 9.69 Å². The molecule has 6 nitrogen and oxygen atoms in total. The molecule has 2 saturated heterocycles. The van der Waals surface area contributed by atoms with Crippen molar-refractivity contribution >= 4 is 15.9 Å². The second-order valence-corrected chi connectivity index (χ2v) is 10.5. The number of hydrogen-bond acceptors (Lipinski definition) is 4. The number of amides is 1. The summed E-state index contributed by atoms with van der Waals surface area (Å²) in [6.07, 6.45) is 5.31. The highest BCUT2D eigenvalue weighted by Crippen LogP contribution is 2.26. The smallest absolute Gasteiger partial charge is 0.243 e. The van der Waals surface area contributed by atoms with Gasteiger partial charge in [0.1, 0.15) is 0 Å². The fourth-order valence-electron chi connectivity index (χ4n) is 4.53. The lowest BCUT2D eigenvalue weighted by Crippen LogP contribution is -2.52. The molecule has 4 rings (SSSR count). The van der Waals surface area contributed by atoms with E-state index < -0.39 is 10.0 Å². The van der Waals surface area contributed by atoms with Crippen LogP contribution in [0.1, 0.15) is 37.3 Å². The zero-order valence-corrected chi connectivity index (χ0v) is 17.6. The molecule has 0 N–H and O–H groups in total. The number of carbonyl (C=O) groups excluding carboxylic acids is 1. The molecule has 2 aliphatic heterocycles. The largest absolute Gasteiger partial charge is 0.342 e. The van der Waals surface area contributed by atoms with E-state index in [9.17, 15) is 13.2 Å². The average molecular weight is 406 g/mol. The van der Waals surface area contributed by atoms with Gasteiger partial charge in [-0.05, 0) is 61.3 Å². The van der Waals surface area contributed by atoms with Gasteiger partial charge in [0.2, 0.25) is 15.9 Å². The van der Waals surface area contributed by atoms with Gasteiger partial charge in [0, 0.05) is 39.3 Å². The fourth-order valence-corrected chi connectivity index (χ4v) is 6.01. The number of carbonyl (C=O) groups is 1. The Hall–Kier alpha value is -1.44. The van der Waals surface area contributed by atoms with Gasteiger partial charge < -0.3 is 4.90 Å². The van der Waals surface area contributed by atoms with E-state index in [0.29, 0.717) is 43.5 Å². The van der Waals surface area contributed by atoms with Crippen molar-refractivity contribution in [1.82, 2.24) is 14.1 Å². The molecule has 0 aromatic heterocycles. The van der Waals surface area contributed by atoms with E-state index >= 15 is 0 Å². The Morgan fingerprint density at radius 2 is 1.68 bits per heavy atom. The number of piperidine rings is 1. The van der Waals surface area contributed by atoms with Crippen molar-refractivity contribution in [2.24, 2.45) is 5.92 Å².